The molecule has 4 aromatic rings. The van der Waals surface area contributed by atoms with E-state index in [-0.39, 0.29) is 11.1 Å². The zero-order valence-corrected chi connectivity index (χ0v) is 15.6. The van der Waals surface area contributed by atoms with Crippen LogP contribution < -0.4 is 11.0 Å². The van der Waals surface area contributed by atoms with Crippen LogP contribution in [0.5, 0.6) is 5.75 Å². The number of nitrogens with zero attached hydrogens (tertiary/aromatic N) is 2. The summed E-state index contributed by atoms with van der Waals surface area (Å²) < 4.78 is 15.5. The molecule has 0 aliphatic carbocycles. The molecule has 2 aromatic carbocycles. The molecule has 0 amide bonds. The Morgan fingerprint density at radius 2 is 1.90 bits per heavy atom. The first kappa shape index (κ1) is 18.6. The summed E-state index contributed by atoms with van der Waals surface area (Å²) in [6.45, 7) is 0.368. The van der Waals surface area contributed by atoms with E-state index in [1.807, 2.05) is 32.1 Å². The third-order valence-corrected chi connectivity index (χ3v) is 4.72. The number of phenols is 1. The van der Waals surface area contributed by atoms with E-state index in [1.165, 1.54) is 12.3 Å². The Labute approximate surface area is 166 Å². The number of aromatic nitrogens is 2. The van der Waals surface area contributed by atoms with E-state index in [0.717, 1.165) is 23.4 Å². The van der Waals surface area contributed by atoms with Crippen molar-refractivity contribution in [3.63, 3.8) is 0 Å². The Balaban J connectivity index is 1.88. The Kier molecular flexibility index (Phi) is 4.72. The molecule has 4 rings (SSSR count). The van der Waals surface area contributed by atoms with Gasteiger partial charge in [-0.1, -0.05) is 24.3 Å². The van der Waals surface area contributed by atoms with Gasteiger partial charge in [0.25, 0.3) is 0 Å². The lowest BCUT2D eigenvalue weighted by Gasteiger charge is -2.13. The molecule has 0 aliphatic heterocycles. The minimum atomic E-state index is -0.916. The average Bonchev–Trinajstić information content (AvgIpc) is 2.72. The van der Waals surface area contributed by atoms with Gasteiger partial charge in [0.2, 0.25) is 5.43 Å². The molecule has 0 aliphatic rings. The number of benzene rings is 2. The van der Waals surface area contributed by atoms with Gasteiger partial charge in [-0.25, -0.2) is 4.39 Å². The van der Waals surface area contributed by atoms with Crippen LogP contribution in [0.4, 0.5) is 4.39 Å². The molecule has 142 valence electrons. The van der Waals surface area contributed by atoms with Crippen LogP contribution in [0, 0.1) is 5.82 Å². The van der Waals surface area contributed by atoms with Crippen LogP contribution in [0.1, 0.15) is 21.6 Å². The normalized spacial score (nSPS) is 10.9. The van der Waals surface area contributed by atoms with Crippen molar-refractivity contribution in [3.05, 3.63) is 99.7 Å². The number of ketones is 1. The van der Waals surface area contributed by atoms with Gasteiger partial charge in [-0.15, -0.1) is 0 Å². The standard InChI is InChI=1S/C22H16BFN2O3/c23-20-7-3-4-14(25-20)11-26-12-16(22(29)15-5-1-2-6-18(15)26)21(28)13-8-9-19(27)17(24)10-13/h1-10,12,27H,11,23H2. The summed E-state index contributed by atoms with van der Waals surface area (Å²) in [6, 6.07) is 16.0. The fourth-order valence-corrected chi connectivity index (χ4v) is 3.30. The second-order valence-corrected chi connectivity index (χ2v) is 6.78. The van der Waals surface area contributed by atoms with Gasteiger partial charge in [0.15, 0.2) is 25.2 Å². The number of hydrogen-bond acceptors (Lipinski definition) is 4. The van der Waals surface area contributed by atoms with Crippen molar-refractivity contribution < 1.29 is 14.3 Å². The zero-order valence-electron chi connectivity index (χ0n) is 15.6. The van der Waals surface area contributed by atoms with Crippen molar-refractivity contribution >= 4 is 30.1 Å². The van der Waals surface area contributed by atoms with Crippen LogP contribution in [0.25, 0.3) is 10.9 Å². The van der Waals surface area contributed by atoms with Crippen molar-refractivity contribution in [3.8, 4) is 5.75 Å². The molecule has 0 spiro atoms. The van der Waals surface area contributed by atoms with E-state index in [9.17, 15) is 19.1 Å². The summed E-state index contributed by atoms with van der Waals surface area (Å²) in [7, 11) is 1.89. The lowest BCUT2D eigenvalue weighted by molar-refractivity contribution is 0.103. The van der Waals surface area contributed by atoms with Gasteiger partial charge in [-0.05, 0) is 42.0 Å². The molecule has 0 fully saturated rings. The quantitative estimate of drug-likeness (QED) is 0.429. The Morgan fingerprint density at radius 3 is 2.66 bits per heavy atom. The van der Waals surface area contributed by atoms with Crippen LogP contribution in [-0.2, 0) is 6.54 Å². The topological polar surface area (TPSA) is 72.2 Å². The number of para-hydroxylation sites is 1. The molecular weight excluding hydrogens is 370 g/mol. The first-order chi connectivity index (χ1) is 13.9. The van der Waals surface area contributed by atoms with Crippen LogP contribution in [-0.4, -0.2) is 28.3 Å². The van der Waals surface area contributed by atoms with E-state index >= 15 is 0 Å². The lowest BCUT2D eigenvalue weighted by Crippen LogP contribution is -2.21. The van der Waals surface area contributed by atoms with Crippen molar-refractivity contribution in [1.29, 1.82) is 0 Å². The predicted octanol–water partition coefficient (Wildman–Crippen LogP) is 1.78. The van der Waals surface area contributed by atoms with E-state index in [0.29, 0.717) is 17.4 Å². The molecule has 0 saturated carbocycles. The summed E-state index contributed by atoms with van der Waals surface area (Å²) in [6.07, 6.45) is 1.49. The lowest BCUT2D eigenvalue weighted by atomic mass is 10.0. The highest BCUT2D eigenvalue weighted by Crippen LogP contribution is 2.19. The zero-order chi connectivity index (χ0) is 20.5. The fourth-order valence-electron chi connectivity index (χ4n) is 3.30. The molecule has 0 radical (unpaired) electrons. The summed E-state index contributed by atoms with van der Waals surface area (Å²) in [5.41, 5.74) is 1.83. The van der Waals surface area contributed by atoms with Gasteiger partial charge in [0, 0.05) is 17.1 Å². The number of aromatic hydroxyl groups is 1. The van der Waals surface area contributed by atoms with Crippen LogP contribution >= 0.6 is 0 Å². The minimum absolute atomic E-state index is 0.00656. The summed E-state index contributed by atoms with van der Waals surface area (Å²) >= 11 is 0. The molecule has 0 atom stereocenters. The maximum atomic E-state index is 13.7. The Bertz CT molecular complexity index is 1320. The highest BCUT2D eigenvalue weighted by molar-refractivity contribution is 6.30. The SMILES string of the molecule is Bc1cccc(Cn2cc(C(=O)c3ccc(O)c(F)c3)c(=O)c3ccccc32)n1. The number of halogens is 1. The van der Waals surface area contributed by atoms with Crippen LogP contribution in [0.2, 0.25) is 0 Å². The molecule has 2 aromatic heterocycles. The summed E-state index contributed by atoms with van der Waals surface area (Å²) in [5.74, 6) is -2.07. The van der Waals surface area contributed by atoms with Crippen molar-refractivity contribution in [2.45, 2.75) is 6.54 Å². The number of pyridine rings is 2. The Hall–Kier alpha value is -3.74. The largest absolute Gasteiger partial charge is 0.505 e. The number of fused-ring (bicyclic) bond motifs is 1. The molecular formula is C22H16BFN2O3. The highest BCUT2D eigenvalue weighted by Gasteiger charge is 2.18. The van der Waals surface area contributed by atoms with Gasteiger partial charge in [-0.3, -0.25) is 14.6 Å². The molecule has 1 N–H and O–H groups in total. The summed E-state index contributed by atoms with van der Waals surface area (Å²) in [4.78, 5) is 30.4. The van der Waals surface area contributed by atoms with Crippen LogP contribution in [0.15, 0.2) is 71.7 Å². The number of carbonyl (C=O) groups excluding carboxylic acids is 1. The Morgan fingerprint density at radius 1 is 1.10 bits per heavy atom. The molecule has 0 saturated heterocycles. The van der Waals surface area contributed by atoms with Gasteiger partial charge in [0.05, 0.1) is 23.3 Å². The van der Waals surface area contributed by atoms with E-state index in [2.05, 4.69) is 4.98 Å². The van der Waals surface area contributed by atoms with Gasteiger partial charge in [-0.2, -0.15) is 0 Å². The van der Waals surface area contributed by atoms with Crippen molar-refractivity contribution in [1.82, 2.24) is 9.55 Å². The van der Waals surface area contributed by atoms with E-state index in [1.54, 1.807) is 22.8 Å². The minimum Gasteiger partial charge on any atom is -0.505 e. The maximum absolute atomic E-state index is 13.7. The molecule has 29 heavy (non-hydrogen) atoms. The van der Waals surface area contributed by atoms with Crippen LogP contribution in [0.3, 0.4) is 0 Å². The molecule has 0 unspecified atom stereocenters. The van der Waals surface area contributed by atoms with E-state index < -0.39 is 22.8 Å². The average molecular weight is 386 g/mol. The second-order valence-electron chi connectivity index (χ2n) is 6.78. The monoisotopic (exact) mass is 386 g/mol. The third-order valence-electron chi connectivity index (χ3n) is 4.72. The fraction of sp³-hybridized carbons (Fsp3) is 0.0455. The highest BCUT2D eigenvalue weighted by atomic mass is 19.1. The number of carbonyl (C=O) groups is 1. The smallest absolute Gasteiger partial charge is 0.200 e. The number of hydrogen-bond donors (Lipinski definition) is 1. The second kappa shape index (κ2) is 7.35. The van der Waals surface area contributed by atoms with Crippen molar-refractivity contribution in [2.75, 3.05) is 0 Å². The molecule has 0 bridgehead atoms. The van der Waals surface area contributed by atoms with Crippen molar-refractivity contribution in [2.24, 2.45) is 0 Å². The first-order valence-electron chi connectivity index (χ1n) is 9.02. The molecule has 7 heteroatoms. The molecule has 2 heterocycles. The van der Waals surface area contributed by atoms with E-state index in [4.69, 9.17) is 0 Å². The number of phenolic OH excluding ortho intramolecular Hbond substituents is 1. The summed E-state index contributed by atoms with van der Waals surface area (Å²) in [5, 5.41) is 9.76. The maximum Gasteiger partial charge on any atom is 0.200 e. The van der Waals surface area contributed by atoms with Gasteiger partial charge >= 0.3 is 0 Å². The third kappa shape index (κ3) is 3.54. The van der Waals surface area contributed by atoms with Gasteiger partial charge < -0.3 is 9.67 Å². The van der Waals surface area contributed by atoms with Gasteiger partial charge in [0.1, 0.15) is 0 Å². The molecule has 5 nitrogen and oxygen atoms in total. The number of rotatable bonds is 4. The predicted molar refractivity (Wildman–Crippen MR) is 111 cm³/mol. The first-order valence-corrected chi connectivity index (χ1v) is 9.02.